The standard InChI is InChI=1S/C24H43N3O4S/c1-16(2)13-19(14-20(28)27(31)17(3)4)22(29)26-21(23(30)25-7)24(5,6)32-15-18-11-9-8-10-12-18/h16,18-19,21,31H,3,8-15H2,1-2,4-7H3,(H,25,30)(H,26,29)/t19-,21?/m1/s1. The summed E-state index contributed by atoms with van der Waals surface area (Å²) in [4.78, 5) is 38.3. The molecule has 0 aliphatic heterocycles. The monoisotopic (exact) mass is 469 g/mol. The first-order valence-electron chi connectivity index (χ1n) is 11.7. The van der Waals surface area contributed by atoms with Gasteiger partial charge in [-0.3, -0.25) is 19.6 Å². The highest BCUT2D eigenvalue weighted by Crippen LogP contribution is 2.35. The van der Waals surface area contributed by atoms with E-state index in [1.807, 2.05) is 27.7 Å². The summed E-state index contributed by atoms with van der Waals surface area (Å²) in [6.07, 6.45) is 6.59. The molecular weight excluding hydrogens is 426 g/mol. The number of hydrogen-bond donors (Lipinski definition) is 3. The number of allylic oxidation sites excluding steroid dienone is 1. The Morgan fingerprint density at radius 1 is 1.16 bits per heavy atom. The lowest BCUT2D eigenvalue weighted by Gasteiger charge is -2.35. The van der Waals surface area contributed by atoms with Gasteiger partial charge in [-0.15, -0.1) is 0 Å². The lowest BCUT2D eigenvalue weighted by Crippen LogP contribution is -2.57. The first-order chi connectivity index (χ1) is 14.9. The van der Waals surface area contributed by atoms with E-state index in [0.29, 0.717) is 17.4 Å². The van der Waals surface area contributed by atoms with Crippen LogP contribution in [0.15, 0.2) is 12.3 Å². The predicted octanol–water partition coefficient (Wildman–Crippen LogP) is 4.11. The van der Waals surface area contributed by atoms with Gasteiger partial charge in [0.15, 0.2) is 0 Å². The maximum Gasteiger partial charge on any atom is 0.251 e. The Morgan fingerprint density at radius 2 is 1.75 bits per heavy atom. The van der Waals surface area contributed by atoms with E-state index < -0.39 is 22.6 Å². The van der Waals surface area contributed by atoms with Crippen LogP contribution in [-0.2, 0) is 14.4 Å². The fourth-order valence-corrected chi connectivity index (χ4v) is 5.42. The van der Waals surface area contributed by atoms with Crippen molar-refractivity contribution >= 4 is 29.5 Å². The van der Waals surface area contributed by atoms with Crippen molar-refractivity contribution in [1.82, 2.24) is 15.7 Å². The number of nitrogens with zero attached hydrogens (tertiary/aromatic N) is 1. The largest absolute Gasteiger partial charge is 0.357 e. The van der Waals surface area contributed by atoms with Crippen molar-refractivity contribution in [3.05, 3.63) is 12.3 Å². The molecule has 7 nitrogen and oxygen atoms in total. The zero-order valence-corrected chi connectivity index (χ0v) is 21.5. The summed E-state index contributed by atoms with van der Waals surface area (Å²) in [5.41, 5.74) is 0.196. The molecule has 1 saturated carbocycles. The minimum Gasteiger partial charge on any atom is -0.357 e. The molecule has 2 atom stereocenters. The van der Waals surface area contributed by atoms with Gasteiger partial charge in [0.2, 0.25) is 11.8 Å². The van der Waals surface area contributed by atoms with Crippen molar-refractivity contribution in [2.45, 2.75) is 90.4 Å². The number of rotatable bonds is 12. The van der Waals surface area contributed by atoms with Gasteiger partial charge < -0.3 is 10.6 Å². The van der Waals surface area contributed by atoms with E-state index in [1.165, 1.54) is 39.0 Å². The van der Waals surface area contributed by atoms with Gasteiger partial charge in [-0.05, 0) is 57.6 Å². The van der Waals surface area contributed by atoms with Gasteiger partial charge in [-0.25, -0.2) is 0 Å². The molecule has 1 aliphatic carbocycles. The van der Waals surface area contributed by atoms with Crippen molar-refractivity contribution in [2.75, 3.05) is 12.8 Å². The molecule has 0 saturated heterocycles. The van der Waals surface area contributed by atoms with Crippen LogP contribution >= 0.6 is 11.8 Å². The van der Waals surface area contributed by atoms with Crippen LogP contribution < -0.4 is 10.6 Å². The van der Waals surface area contributed by atoms with Crippen LogP contribution in [0.4, 0.5) is 0 Å². The molecule has 32 heavy (non-hydrogen) atoms. The van der Waals surface area contributed by atoms with E-state index in [4.69, 9.17) is 0 Å². The molecule has 0 spiro atoms. The van der Waals surface area contributed by atoms with E-state index >= 15 is 0 Å². The van der Waals surface area contributed by atoms with E-state index in [0.717, 1.165) is 5.75 Å². The summed E-state index contributed by atoms with van der Waals surface area (Å²) in [6.45, 7) is 13.0. The molecule has 0 bridgehead atoms. The predicted molar refractivity (Wildman–Crippen MR) is 130 cm³/mol. The van der Waals surface area contributed by atoms with E-state index in [-0.39, 0.29) is 29.9 Å². The highest BCUT2D eigenvalue weighted by molar-refractivity contribution is 8.00. The summed E-state index contributed by atoms with van der Waals surface area (Å²) in [6, 6.07) is -0.732. The van der Waals surface area contributed by atoms with Crippen LogP contribution in [0.25, 0.3) is 0 Å². The summed E-state index contributed by atoms with van der Waals surface area (Å²) < 4.78 is -0.514. The molecule has 8 heteroatoms. The topological polar surface area (TPSA) is 98.7 Å². The molecule has 1 rings (SSSR count). The zero-order chi connectivity index (χ0) is 24.5. The van der Waals surface area contributed by atoms with Gasteiger partial charge in [-0.1, -0.05) is 39.7 Å². The van der Waals surface area contributed by atoms with Crippen molar-refractivity contribution in [3.8, 4) is 0 Å². The molecule has 1 aliphatic rings. The third kappa shape index (κ3) is 9.14. The molecular formula is C24H43N3O4S. The lowest BCUT2D eigenvalue weighted by atomic mass is 9.91. The number of amides is 3. The Labute approximate surface area is 198 Å². The quantitative estimate of drug-likeness (QED) is 0.295. The van der Waals surface area contributed by atoms with Crippen LogP contribution in [0, 0.1) is 17.8 Å². The molecule has 0 aromatic heterocycles. The van der Waals surface area contributed by atoms with Crippen molar-refractivity contribution in [1.29, 1.82) is 0 Å². The number of nitrogens with one attached hydrogen (secondary N) is 2. The van der Waals surface area contributed by atoms with Crippen LogP contribution in [0.1, 0.15) is 79.6 Å². The highest BCUT2D eigenvalue weighted by Gasteiger charge is 2.39. The summed E-state index contributed by atoms with van der Waals surface area (Å²) in [7, 11) is 1.56. The van der Waals surface area contributed by atoms with Gasteiger partial charge in [-0.2, -0.15) is 16.8 Å². The Hall–Kier alpha value is -1.54. The van der Waals surface area contributed by atoms with Gasteiger partial charge in [0, 0.05) is 29.8 Å². The van der Waals surface area contributed by atoms with Gasteiger partial charge in [0.05, 0.1) is 0 Å². The fraction of sp³-hybridized carbons (Fsp3) is 0.792. The average Bonchev–Trinajstić information content (AvgIpc) is 2.74. The van der Waals surface area contributed by atoms with Crippen molar-refractivity contribution < 1.29 is 19.6 Å². The van der Waals surface area contributed by atoms with E-state index in [1.54, 1.807) is 18.8 Å². The van der Waals surface area contributed by atoms with Gasteiger partial charge in [0.1, 0.15) is 6.04 Å². The maximum atomic E-state index is 13.2. The zero-order valence-electron chi connectivity index (χ0n) is 20.7. The number of hydroxylamine groups is 2. The molecule has 0 aromatic rings. The van der Waals surface area contributed by atoms with Crippen LogP contribution in [0.2, 0.25) is 0 Å². The Morgan fingerprint density at radius 3 is 2.25 bits per heavy atom. The third-order valence-corrected chi connectivity index (χ3v) is 7.67. The summed E-state index contributed by atoms with van der Waals surface area (Å²) >= 11 is 1.73. The Balaban J connectivity index is 2.94. The number of carbonyl (C=O) groups is 3. The molecule has 1 unspecified atom stereocenters. The van der Waals surface area contributed by atoms with E-state index in [2.05, 4.69) is 17.2 Å². The highest BCUT2D eigenvalue weighted by atomic mass is 32.2. The van der Waals surface area contributed by atoms with Crippen LogP contribution in [0.5, 0.6) is 0 Å². The SMILES string of the molecule is C=C(C)N(O)C(=O)C[C@@H](CC(C)C)C(=O)NC(C(=O)NC)C(C)(C)SCC1CCCCC1. The first-order valence-corrected chi connectivity index (χ1v) is 12.7. The van der Waals surface area contributed by atoms with Gasteiger partial charge in [0.25, 0.3) is 5.91 Å². The second kappa shape index (κ2) is 13.2. The number of thioether (sulfide) groups is 1. The normalized spacial score (nSPS) is 16.9. The minimum atomic E-state index is -0.732. The summed E-state index contributed by atoms with van der Waals surface area (Å²) in [5.74, 6) is -0.0475. The lowest BCUT2D eigenvalue weighted by molar-refractivity contribution is -0.159. The molecule has 1 fully saturated rings. The van der Waals surface area contributed by atoms with Gasteiger partial charge >= 0.3 is 0 Å². The van der Waals surface area contributed by atoms with Crippen molar-refractivity contribution in [2.24, 2.45) is 17.8 Å². The van der Waals surface area contributed by atoms with E-state index in [9.17, 15) is 19.6 Å². The second-order valence-electron chi connectivity index (χ2n) is 9.95. The summed E-state index contributed by atoms with van der Waals surface area (Å²) in [5, 5.41) is 16.0. The van der Waals surface area contributed by atoms with Crippen molar-refractivity contribution in [3.63, 3.8) is 0 Å². The fourth-order valence-electron chi connectivity index (χ4n) is 4.09. The molecule has 0 heterocycles. The minimum absolute atomic E-state index is 0.149. The molecule has 0 radical (unpaired) electrons. The Kier molecular flexibility index (Phi) is 11.8. The van der Waals surface area contributed by atoms with Crippen LogP contribution in [-0.4, -0.2) is 51.6 Å². The molecule has 3 N–H and O–H groups in total. The average molecular weight is 470 g/mol. The number of likely N-dealkylation sites (N-methyl/N-ethyl adjacent to an activating group) is 1. The first kappa shape index (κ1) is 28.5. The molecule has 0 aromatic carbocycles. The molecule has 3 amide bonds. The second-order valence-corrected chi connectivity index (χ2v) is 11.6. The Bertz CT molecular complexity index is 660. The number of hydrogen-bond acceptors (Lipinski definition) is 5. The maximum absolute atomic E-state index is 13.2. The number of carbonyl (C=O) groups excluding carboxylic acids is 3. The van der Waals surface area contributed by atoms with Crippen LogP contribution in [0.3, 0.4) is 0 Å². The third-order valence-electron chi connectivity index (χ3n) is 6.05. The molecule has 184 valence electrons. The smallest absolute Gasteiger partial charge is 0.251 e.